The van der Waals surface area contributed by atoms with E-state index in [1.807, 2.05) is 0 Å². The van der Waals surface area contributed by atoms with E-state index in [0.29, 0.717) is 5.69 Å². The molecule has 2 nitrogen and oxygen atoms in total. The van der Waals surface area contributed by atoms with Crippen LogP contribution >= 0.6 is 0 Å². The molecule has 1 aromatic rings. The predicted molar refractivity (Wildman–Crippen MR) is 75.0 cm³/mol. The summed E-state index contributed by atoms with van der Waals surface area (Å²) in [4.78, 5) is 0. The molecule has 0 aliphatic rings. The highest BCUT2D eigenvalue weighted by Crippen LogP contribution is 2.25. The van der Waals surface area contributed by atoms with Crippen molar-refractivity contribution < 1.29 is 17.9 Å². The Morgan fingerprint density at radius 3 is 2.45 bits per heavy atom. The third-order valence-electron chi connectivity index (χ3n) is 2.93. The number of hydrogen-bond donors (Lipinski definition) is 1. The van der Waals surface area contributed by atoms with Crippen LogP contribution in [-0.2, 0) is 0 Å². The molecule has 114 valence electrons. The van der Waals surface area contributed by atoms with Gasteiger partial charge in [0.1, 0.15) is 5.75 Å². The minimum Gasteiger partial charge on any atom is -0.406 e. The molecule has 1 rings (SSSR count). The van der Waals surface area contributed by atoms with Crippen LogP contribution in [0.15, 0.2) is 24.3 Å². The molecule has 0 aliphatic carbocycles. The van der Waals surface area contributed by atoms with E-state index in [0.717, 1.165) is 19.4 Å². The number of anilines is 1. The topological polar surface area (TPSA) is 21.3 Å². The fourth-order valence-corrected chi connectivity index (χ4v) is 1.94. The standard InChI is InChI=1S/C15H22F3NO/c1-2-3-4-5-6-7-11-19-13-9-8-10-14(12-13)20-15(16,17)18/h8-10,12,19H,2-7,11H2,1H3. The molecule has 0 heterocycles. The van der Waals surface area contributed by atoms with Crippen LogP contribution in [0.25, 0.3) is 0 Å². The van der Waals surface area contributed by atoms with Crippen molar-refractivity contribution in [1.29, 1.82) is 0 Å². The molecule has 0 bridgehead atoms. The number of halogens is 3. The van der Waals surface area contributed by atoms with Gasteiger partial charge in [-0.2, -0.15) is 0 Å². The number of ether oxygens (including phenoxy) is 1. The first-order chi connectivity index (χ1) is 9.51. The normalized spacial score (nSPS) is 11.4. The number of rotatable bonds is 9. The second-order valence-electron chi connectivity index (χ2n) is 4.77. The van der Waals surface area contributed by atoms with Crippen molar-refractivity contribution in [1.82, 2.24) is 0 Å². The largest absolute Gasteiger partial charge is 0.573 e. The van der Waals surface area contributed by atoms with Gasteiger partial charge in [-0.25, -0.2) is 0 Å². The summed E-state index contributed by atoms with van der Waals surface area (Å²) < 4.78 is 40.1. The van der Waals surface area contributed by atoms with Gasteiger partial charge in [0.15, 0.2) is 0 Å². The lowest BCUT2D eigenvalue weighted by molar-refractivity contribution is -0.274. The highest BCUT2D eigenvalue weighted by Gasteiger charge is 2.31. The van der Waals surface area contributed by atoms with Gasteiger partial charge < -0.3 is 10.1 Å². The highest BCUT2D eigenvalue weighted by molar-refractivity contribution is 5.48. The van der Waals surface area contributed by atoms with Crippen molar-refractivity contribution in [3.63, 3.8) is 0 Å². The number of alkyl halides is 3. The van der Waals surface area contributed by atoms with Crippen molar-refractivity contribution in [2.45, 2.75) is 51.8 Å². The van der Waals surface area contributed by atoms with Gasteiger partial charge in [-0.3, -0.25) is 0 Å². The molecule has 0 amide bonds. The molecule has 0 aliphatic heterocycles. The molecule has 0 saturated carbocycles. The van der Waals surface area contributed by atoms with Gasteiger partial charge in [-0.1, -0.05) is 45.1 Å². The molecule has 0 aromatic heterocycles. The third-order valence-corrected chi connectivity index (χ3v) is 2.93. The minimum atomic E-state index is -4.64. The molecule has 0 saturated heterocycles. The lowest BCUT2D eigenvalue weighted by Crippen LogP contribution is -2.17. The van der Waals surface area contributed by atoms with Crippen LogP contribution in [-0.4, -0.2) is 12.9 Å². The Morgan fingerprint density at radius 2 is 1.75 bits per heavy atom. The van der Waals surface area contributed by atoms with Gasteiger partial charge in [0, 0.05) is 18.3 Å². The first-order valence-corrected chi connectivity index (χ1v) is 7.11. The lowest BCUT2D eigenvalue weighted by atomic mass is 10.1. The predicted octanol–water partition coefficient (Wildman–Crippen LogP) is 5.36. The van der Waals surface area contributed by atoms with E-state index >= 15 is 0 Å². The van der Waals surface area contributed by atoms with Gasteiger partial charge in [0.25, 0.3) is 0 Å². The van der Waals surface area contributed by atoms with Crippen molar-refractivity contribution in [2.75, 3.05) is 11.9 Å². The molecule has 1 aromatic carbocycles. The average Bonchev–Trinajstić information content (AvgIpc) is 2.36. The summed E-state index contributed by atoms with van der Waals surface area (Å²) in [6.45, 7) is 2.94. The van der Waals surface area contributed by atoms with E-state index < -0.39 is 6.36 Å². The first-order valence-electron chi connectivity index (χ1n) is 7.11. The maximum atomic E-state index is 12.1. The summed E-state index contributed by atoms with van der Waals surface area (Å²) in [6.07, 6.45) is 2.49. The summed E-state index contributed by atoms with van der Waals surface area (Å²) in [5, 5.41) is 3.11. The Kier molecular flexibility index (Phi) is 7.26. The van der Waals surface area contributed by atoms with Crippen molar-refractivity contribution in [3.8, 4) is 5.75 Å². The van der Waals surface area contributed by atoms with Crippen LogP contribution in [0.4, 0.5) is 18.9 Å². The van der Waals surface area contributed by atoms with E-state index in [-0.39, 0.29) is 5.75 Å². The third kappa shape index (κ3) is 7.92. The molecular weight excluding hydrogens is 267 g/mol. The number of nitrogens with one attached hydrogen (secondary N) is 1. The van der Waals surface area contributed by atoms with Crippen LogP contribution in [0, 0.1) is 0 Å². The molecule has 0 unspecified atom stereocenters. The minimum absolute atomic E-state index is 0.189. The fraction of sp³-hybridized carbons (Fsp3) is 0.600. The number of benzene rings is 1. The molecule has 20 heavy (non-hydrogen) atoms. The summed E-state index contributed by atoms with van der Waals surface area (Å²) in [7, 11) is 0. The zero-order valence-corrected chi connectivity index (χ0v) is 11.8. The highest BCUT2D eigenvalue weighted by atomic mass is 19.4. The van der Waals surface area contributed by atoms with E-state index in [1.54, 1.807) is 12.1 Å². The van der Waals surface area contributed by atoms with Crippen molar-refractivity contribution >= 4 is 5.69 Å². The molecular formula is C15H22F3NO. The maximum Gasteiger partial charge on any atom is 0.573 e. The van der Waals surface area contributed by atoms with Gasteiger partial charge >= 0.3 is 6.36 Å². The lowest BCUT2D eigenvalue weighted by Gasteiger charge is -2.11. The monoisotopic (exact) mass is 289 g/mol. The first kappa shape index (κ1) is 16.7. The van der Waals surface area contributed by atoms with Crippen LogP contribution in [0.5, 0.6) is 5.75 Å². The van der Waals surface area contributed by atoms with Crippen LogP contribution < -0.4 is 10.1 Å². The SMILES string of the molecule is CCCCCCCCNc1cccc(OC(F)(F)F)c1. The average molecular weight is 289 g/mol. The fourth-order valence-electron chi connectivity index (χ4n) is 1.94. The molecule has 1 N–H and O–H groups in total. The Bertz CT molecular complexity index is 380. The smallest absolute Gasteiger partial charge is 0.406 e. The molecule has 0 spiro atoms. The number of hydrogen-bond acceptors (Lipinski definition) is 2. The van der Waals surface area contributed by atoms with Crippen LogP contribution in [0.2, 0.25) is 0 Å². The second-order valence-corrected chi connectivity index (χ2v) is 4.77. The molecule has 0 radical (unpaired) electrons. The molecule has 0 fully saturated rings. The van der Waals surface area contributed by atoms with Crippen molar-refractivity contribution in [2.24, 2.45) is 0 Å². The Balaban J connectivity index is 2.25. The number of unbranched alkanes of at least 4 members (excludes halogenated alkanes) is 5. The Hall–Kier alpha value is -1.39. The Morgan fingerprint density at radius 1 is 1.05 bits per heavy atom. The van der Waals surface area contributed by atoms with Gasteiger partial charge in [0.05, 0.1) is 0 Å². The van der Waals surface area contributed by atoms with E-state index in [4.69, 9.17) is 0 Å². The zero-order chi connectivity index (χ0) is 14.8. The van der Waals surface area contributed by atoms with Gasteiger partial charge in [0.2, 0.25) is 0 Å². The van der Waals surface area contributed by atoms with Crippen LogP contribution in [0.3, 0.4) is 0 Å². The van der Waals surface area contributed by atoms with Crippen molar-refractivity contribution in [3.05, 3.63) is 24.3 Å². The van der Waals surface area contributed by atoms with Gasteiger partial charge in [-0.15, -0.1) is 13.2 Å². The van der Waals surface area contributed by atoms with Crippen LogP contribution in [0.1, 0.15) is 45.4 Å². The van der Waals surface area contributed by atoms with E-state index in [2.05, 4.69) is 17.0 Å². The Labute approximate surface area is 118 Å². The summed E-state index contributed by atoms with van der Waals surface area (Å²) in [5.74, 6) is -0.189. The van der Waals surface area contributed by atoms with Gasteiger partial charge in [-0.05, 0) is 18.6 Å². The molecule has 5 heteroatoms. The summed E-state index contributed by atoms with van der Waals surface area (Å²) in [5.41, 5.74) is 0.653. The van der Waals surface area contributed by atoms with E-state index in [1.165, 1.54) is 37.8 Å². The second kappa shape index (κ2) is 8.72. The molecule has 0 atom stereocenters. The van der Waals surface area contributed by atoms with E-state index in [9.17, 15) is 13.2 Å². The maximum absolute atomic E-state index is 12.1. The quantitative estimate of drug-likeness (QED) is 0.618. The zero-order valence-electron chi connectivity index (χ0n) is 11.8. The summed E-state index contributed by atoms with van der Waals surface area (Å²) in [6, 6.07) is 5.94. The summed E-state index contributed by atoms with van der Waals surface area (Å²) >= 11 is 0.